The third-order valence-electron chi connectivity index (χ3n) is 6.96. The van der Waals surface area contributed by atoms with Gasteiger partial charge < -0.3 is 11.1 Å². The third kappa shape index (κ3) is 5.27. The van der Waals surface area contributed by atoms with Crippen LogP contribution in [0.4, 0.5) is 13.2 Å². The SMILES string of the molecule is NC(=O)c1ccc(/C=C/S(=O)(=O)N2CCC3(CC2)N=C(C2CCCCC2)NC3=O)c(C(F)(F)F)c1. The summed E-state index contributed by atoms with van der Waals surface area (Å²) in [4.78, 5) is 28.7. The fourth-order valence-electron chi connectivity index (χ4n) is 4.91. The number of primary amides is 1. The lowest BCUT2D eigenvalue weighted by Crippen LogP contribution is -2.50. The predicted molar refractivity (Wildman–Crippen MR) is 124 cm³/mol. The Morgan fingerprint density at radius 2 is 1.83 bits per heavy atom. The highest BCUT2D eigenvalue weighted by Crippen LogP contribution is 2.36. The smallest absolute Gasteiger partial charge is 0.366 e. The molecule has 1 aliphatic carbocycles. The number of rotatable bonds is 5. The van der Waals surface area contributed by atoms with Gasteiger partial charge in [-0.2, -0.15) is 17.5 Å². The van der Waals surface area contributed by atoms with Gasteiger partial charge in [0.15, 0.2) is 0 Å². The molecule has 35 heavy (non-hydrogen) atoms. The van der Waals surface area contributed by atoms with E-state index in [1.165, 1.54) is 6.42 Å². The highest BCUT2D eigenvalue weighted by Gasteiger charge is 2.48. The van der Waals surface area contributed by atoms with E-state index >= 15 is 0 Å². The molecule has 1 saturated heterocycles. The predicted octanol–water partition coefficient (Wildman–Crippen LogP) is 3.05. The van der Waals surface area contributed by atoms with Crippen LogP contribution in [-0.4, -0.2) is 49.0 Å². The van der Waals surface area contributed by atoms with Gasteiger partial charge in [0.2, 0.25) is 15.9 Å². The molecule has 190 valence electrons. The quantitative estimate of drug-likeness (QED) is 0.630. The van der Waals surface area contributed by atoms with E-state index in [4.69, 9.17) is 10.7 Å². The highest BCUT2D eigenvalue weighted by atomic mass is 32.2. The highest BCUT2D eigenvalue weighted by molar-refractivity contribution is 7.92. The molecule has 0 aromatic heterocycles. The van der Waals surface area contributed by atoms with E-state index < -0.39 is 38.8 Å². The Morgan fingerprint density at radius 3 is 2.43 bits per heavy atom. The summed E-state index contributed by atoms with van der Waals surface area (Å²) in [5, 5.41) is 3.62. The van der Waals surface area contributed by atoms with Crippen molar-refractivity contribution in [1.82, 2.24) is 9.62 Å². The van der Waals surface area contributed by atoms with Crippen molar-refractivity contribution in [2.24, 2.45) is 16.6 Å². The van der Waals surface area contributed by atoms with E-state index in [1.54, 1.807) is 0 Å². The summed E-state index contributed by atoms with van der Waals surface area (Å²) in [6.45, 7) is 0.0442. The molecule has 12 heteroatoms. The van der Waals surface area contributed by atoms with Crippen LogP contribution in [-0.2, 0) is 21.0 Å². The molecule has 2 heterocycles. The van der Waals surface area contributed by atoms with Gasteiger partial charge in [0.25, 0.3) is 5.91 Å². The molecule has 0 radical (unpaired) electrons. The number of hydrogen-bond donors (Lipinski definition) is 2. The number of nitrogens with two attached hydrogens (primary N) is 1. The van der Waals surface area contributed by atoms with E-state index in [0.717, 1.165) is 48.2 Å². The van der Waals surface area contributed by atoms with Gasteiger partial charge in [0.05, 0.1) is 5.56 Å². The molecular formula is C23H27F3N4O4S. The molecule has 1 aromatic carbocycles. The molecule has 0 unspecified atom stereocenters. The maximum absolute atomic E-state index is 13.4. The van der Waals surface area contributed by atoms with Crippen molar-refractivity contribution < 1.29 is 31.2 Å². The van der Waals surface area contributed by atoms with E-state index in [2.05, 4.69) is 5.32 Å². The molecule has 2 fully saturated rings. The fourth-order valence-corrected chi connectivity index (χ4v) is 6.09. The Kier molecular flexibility index (Phi) is 6.80. The summed E-state index contributed by atoms with van der Waals surface area (Å²) in [5.74, 6) is -0.313. The summed E-state index contributed by atoms with van der Waals surface area (Å²) in [5.41, 5.74) is 2.17. The Balaban J connectivity index is 1.48. The van der Waals surface area contributed by atoms with Gasteiger partial charge in [-0.25, -0.2) is 8.42 Å². The van der Waals surface area contributed by atoms with Crippen LogP contribution in [0, 0.1) is 5.92 Å². The van der Waals surface area contributed by atoms with Crippen molar-refractivity contribution in [3.05, 3.63) is 40.3 Å². The van der Waals surface area contributed by atoms with Crippen LogP contribution in [0.25, 0.3) is 6.08 Å². The zero-order valence-corrected chi connectivity index (χ0v) is 19.8. The molecule has 1 spiro atoms. The number of hydrogen-bond acceptors (Lipinski definition) is 5. The number of aliphatic imine (C=N–C) groups is 1. The molecule has 3 aliphatic rings. The summed E-state index contributed by atoms with van der Waals surface area (Å²) >= 11 is 0. The molecule has 1 aromatic rings. The first kappa shape index (κ1) is 25.4. The van der Waals surface area contributed by atoms with Gasteiger partial charge >= 0.3 is 6.18 Å². The van der Waals surface area contributed by atoms with Crippen molar-refractivity contribution in [2.45, 2.75) is 56.7 Å². The first-order chi connectivity index (χ1) is 16.4. The van der Waals surface area contributed by atoms with Gasteiger partial charge in [0, 0.05) is 30.0 Å². The lowest BCUT2D eigenvalue weighted by Gasteiger charge is -2.34. The summed E-state index contributed by atoms with van der Waals surface area (Å²) in [6.07, 6.45) is 1.74. The average Bonchev–Trinajstić information content (AvgIpc) is 3.13. The van der Waals surface area contributed by atoms with E-state index in [-0.39, 0.29) is 43.3 Å². The van der Waals surface area contributed by atoms with Crippen LogP contribution in [0.5, 0.6) is 0 Å². The molecule has 3 N–H and O–H groups in total. The normalized spacial score (nSPS) is 21.9. The standard InChI is InChI=1S/C23H27F3N4O4S/c24-23(25,26)18-14-17(19(27)31)7-6-15(18)8-13-35(33,34)30-11-9-22(10-12-30)21(32)28-20(29-22)16-4-2-1-3-5-16/h6-8,13-14,16H,1-5,9-12H2,(H2,27,31)(H,28,29,32)/b13-8+. The minimum absolute atomic E-state index is 0.0221. The molecule has 1 saturated carbocycles. The molecule has 2 amide bonds. The first-order valence-corrected chi connectivity index (χ1v) is 13.0. The minimum atomic E-state index is -4.81. The summed E-state index contributed by atoms with van der Waals surface area (Å²) in [7, 11) is -4.05. The number of nitrogens with zero attached hydrogens (tertiary/aromatic N) is 2. The van der Waals surface area contributed by atoms with Crippen LogP contribution >= 0.6 is 0 Å². The zero-order chi connectivity index (χ0) is 25.4. The van der Waals surface area contributed by atoms with Gasteiger partial charge in [-0.05, 0) is 49.5 Å². The summed E-state index contributed by atoms with van der Waals surface area (Å²) in [6, 6.07) is 2.71. The molecule has 4 rings (SSSR count). The Hall–Kier alpha value is -2.73. The number of nitrogens with one attached hydrogen (secondary N) is 1. The van der Waals surface area contributed by atoms with Gasteiger partial charge in [-0.3, -0.25) is 14.6 Å². The van der Waals surface area contributed by atoms with Crippen molar-refractivity contribution in [3.63, 3.8) is 0 Å². The number of sulfonamides is 1. The van der Waals surface area contributed by atoms with Crippen molar-refractivity contribution in [1.29, 1.82) is 0 Å². The van der Waals surface area contributed by atoms with Crippen molar-refractivity contribution in [2.75, 3.05) is 13.1 Å². The Bertz CT molecular complexity index is 1180. The number of alkyl halides is 3. The second kappa shape index (κ2) is 9.38. The molecule has 2 aliphatic heterocycles. The average molecular weight is 513 g/mol. The molecule has 0 atom stereocenters. The monoisotopic (exact) mass is 512 g/mol. The maximum Gasteiger partial charge on any atom is 0.417 e. The van der Waals surface area contributed by atoms with Crippen LogP contribution in [0.15, 0.2) is 28.6 Å². The van der Waals surface area contributed by atoms with Crippen LogP contribution < -0.4 is 11.1 Å². The molecule has 8 nitrogen and oxygen atoms in total. The number of halogens is 3. The second-order valence-electron chi connectivity index (χ2n) is 9.23. The number of piperidine rings is 1. The Morgan fingerprint density at radius 1 is 1.17 bits per heavy atom. The topological polar surface area (TPSA) is 122 Å². The number of carbonyl (C=O) groups is 2. The fraction of sp³-hybridized carbons (Fsp3) is 0.522. The molecule has 0 bridgehead atoms. The first-order valence-electron chi connectivity index (χ1n) is 11.5. The van der Waals surface area contributed by atoms with Gasteiger partial charge in [0.1, 0.15) is 11.4 Å². The van der Waals surface area contributed by atoms with E-state index in [0.29, 0.717) is 17.3 Å². The van der Waals surface area contributed by atoms with E-state index in [9.17, 15) is 31.2 Å². The van der Waals surface area contributed by atoms with Gasteiger partial charge in [-0.15, -0.1) is 0 Å². The molecular weight excluding hydrogens is 485 g/mol. The van der Waals surface area contributed by atoms with Crippen molar-refractivity contribution >= 4 is 33.7 Å². The number of benzene rings is 1. The van der Waals surface area contributed by atoms with Crippen LogP contribution in [0.2, 0.25) is 0 Å². The largest absolute Gasteiger partial charge is 0.417 e. The number of carbonyl (C=O) groups excluding carboxylic acids is 2. The third-order valence-corrected chi connectivity index (χ3v) is 8.53. The zero-order valence-electron chi connectivity index (χ0n) is 19.0. The van der Waals surface area contributed by atoms with Crippen molar-refractivity contribution in [3.8, 4) is 0 Å². The summed E-state index contributed by atoms with van der Waals surface area (Å²) < 4.78 is 67.1. The van der Waals surface area contributed by atoms with E-state index in [1.807, 2.05) is 0 Å². The maximum atomic E-state index is 13.4. The van der Waals surface area contributed by atoms with Crippen LogP contribution in [0.3, 0.4) is 0 Å². The lowest BCUT2D eigenvalue weighted by molar-refractivity contribution is -0.137. The lowest BCUT2D eigenvalue weighted by atomic mass is 9.88. The van der Waals surface area contributed by atoms with Gasteiger partial charge in [-0.1, -0.05) is 25.3 Å². The Labute approximate surface area is 201 Å². The second-order valence-corrected chi connectivity index (χ2v) is 11.0. The minimum Gasteiger partial charge on any atom is -0.366 e. The number of amidine groups is 1. The number of amides is 2. The van der Waals surface area contributed by atoms with Crippen LogP contribution in [0.1, 0.15) is 66.4 Å².